The molecule has 0 unspecified atom stereocenters. The molecule has 35 heavy (non-hydrogen) atoms. The minimum atomic E-state index is -0.471. The van der Waals surface area contributed by atoms with Crippen molar-refractivity contribution in [3.05, 3.63) is 109 Å². The zero-order valence-corrected chi connectivity index (χ0v) is 20.3. The highest BCUT2D eigenvalue weighted by molar-refractivity contribution is 8.18. The van der Waals surface area contributed by atoms with Crippen molar-refractivity contribution in [3.63, 3.8) is 0 Å². The van der Waals surface area contributed by atoms with Crippen LogP contribution in [0.1, 0.15) is 11.1 Å². The quantitative estimate of drug-likeness (QED) is 0.177. The van der Waals surface area contributed by atoms with Crippen LogP contribution in [0.25, 0.3) is 17.0 Å². The number of hydrogen-bond donors (Lipinski definition) is 1. The number of nitrogens with zero attached hydrogens (tertiary/aromatic N) is 3. The highest BCUT2D eigenvalue weighted by Crippen LogP contribution is 2.32. The Kier molecular flexibility index (Phi) is 6.34. The van der Waals surface area contributed by atoms with Crippen LogP contribution in [0.15, 0.2) is 82.8 Å². The first-order valence-electron chi connectivity index (χ1n) is 10.4. The smallest absolute Gasteiger partial charge is 0.269 e. The number of thioether (sulfide) groups is 1. The summed E-state index contributed by atoms with van der Waals surface area (Å²) in [6.07, 6.45) is 3.82. The molecular formula is C25H16Cl2N4O3S. The monoisotopic (exact) mass is 522 g/mol. The van der Waals surface area contributed by atoms with Crippen molar-refractivity contribution in [1.29, 1.82) is 0 Å². The molecule has 0 bridgehead atoms. The van der Waals surface area contributed by atoms with Gasteiger partial charge in [-0.15, -0.1) is 0 Å². The first kappa shape index (κ1) is 23.2. The zero-order valence-electron chi connectivity index (χ0n) is 17.9. The third-order valence-corrected chi connectivity index (χ3v) is 6.90. The molecule has 2 heterocycles. The van der Waals surface area contributed by atoms with E-state index in [2.05, 4.69) is 14.9 Å². The summed E-state index contributed by atoms with van der Waals surface area (Å²) in [6, 6.07) is 19.2. The predicted octanol–water partition coefficient (Wildman–Crippen LogP) is 6.80. The number of para-hydroxylation sites is 1. The average Bonchev–Trinajstić information content (AvgIpc) is 3.36. The van der Waals surface area contributed by atoms with Crippen LogP contribution in [-0.2, 0) is 11.3 Å². The Morgan fingerprint density at radius 3 is 2.60 bits per heavy atom. The van der Waals surface area contributed by atoms with E-state index in [4.69, 9.17) is 23.2 Å². The molecule has 0 saturated carbocycles. The second-order valence-electron chi connectivity index (χ2n) is 7.72. The van der Waals surface area contributed by atoms with Gasteiger partial charge in [-0.2, -0.15) is 0 Å². The molecule has 3 aromatic carbocycles. The minimum Gasteiger partial charge on any atom is -0.342 e. The van der Waals surface area contributed by atoms with Crippen molar-refractivity contribution in [1.82, 2.24) is 9.88 Å². The number of amides is 1. The molecule has 1 aliphatic heterocycles. The molecule has 10 heteroatoms. The minimum absolute atomic E-state index is 0.0195. The number of non-ortho nitro benzene ring substituents is 1. The lowest BCUT2D eigenvalue weighted by Gasteiger charge is -2.08. The standard InChI is InChI=1S/C25H16Cl2N4O3S/c26-17-6-5-15(21(27)12-17)13-30-14-16(20-3-1-2-4-22(20)30)11-23-24(32)29-25(35-23)28-18-7-9-19(10-8-18)31(33)34/h1-12,14H,13H2,(H,28,29,32)/b23-11-. The number of nitrogens with one attached hydrogen (secondary N) is 1. The Morgan fingerprint density at radius 1 is 1.09 bits per heavy atom. The van der Waals surface area contributed by atoms with E-state index < -0.39 is 4.92 Å². The van der Waals surface area contributed by atoms with E-state index in [1.165, 1.54) is 36.0 Å². The fourth-order valence-electron chi connectivity index (χ4n) is 3.74. The third kappa shape index (κ3) is 4.95. The number of aromatic nitrogens is 1. The van der Waals surface area contributed by atoms with Gasteiger partial charge in [0.1, 0.15) is 0 Å². The van der Waals surface area contributed by atoms with Crippen molar-refractivity contribution < 1.29 is 9.72 Å². The number of amidine groups is 1. The van der Waals surface area contributed by atoms with Crippen LogP contribution in [0.5, 0.6) is 0 Å². The van der Waals surface area contributed by atoms with Crippen molar-refractivity contribution in [2.45, 2.75) is 6.54 Å². The van der Waals surface area contributed by atoms with E-state index in [1.807, 2.05) is 48.7 Å². The molecule has 7 nitrogen and oxygen atoms in total. The second-order valence-corrected chi connectivity index (χ2v) is 9.59. The van der Waals surface area contributed by atoms with Gasteiger partial charge in [0, 0.05) is 51.4 Å². The Morgan fingerprint density at radius 2 is 1.86 bits per heavy atom. The Labute approximate surface area is 214 Å². The lowest BCUT2D eigenvalue weighted by Crippen LogP contribution is -2.19. The summed E-state index contributed by atoms with van der Waals surface area (Å²) in [5.74, 6) is -0.256. The molecule has 1 fully saturated rings. The van der Waals surface area contributed by atoms with Crippen LogP contribution in [0.3, 0.4) is 0 Å². The maximum absolute atomic E-state index is 12.6. The number of hydrogen-bond acceptors (Lipinski definition) is 5. The first-order chi connectivity index (χ1) is 16.9. The first-order valence-corrected chi connectivity index (χ1v) is 12.0. The number of aliphatic imine (C=N–C) groups is 1. The predicted molar refractivity (Wildman–Crippen MR) is 141 cm³/mol. The highest BCUT2D eigenvalue weighted by atomic mass is 35.5. The Hall–Kier alpha value is -3.59. The summed E-state index contributed by atoms with van der Waals surface area (Å²) in [5, 5.41) is 16.2. The van der Waals surface area contributed by atoms with Gasteiger partial charge >= 0.3 is 0 Å². The van der Waals surface area contributed by atoms with Gasteiger partial charge in [-0.05, 0) is 53.7 Å². The topological polar surface area (TPSA) is 89.5 Å². The molecule has 174 valence electrons. The molecule has 1 aromatic heterocycles. The molecule has 1 amide bonds. The van der Waals surface area contributed by atoms with E-state index in [1.54, 1.807) is 6.07 Å². The number of fused-ring (bicyclic) bond motifs is 1. The second kappa shape index (κ2) is 9.58. The Bertz CT molecular complexity index is 1540. The molecule has 1 N–H and O–H groups in total. The van der Waals surface area contributed by atoms with Gasteiger partial charge < -0.3 is 9.88 Å². The maximum atomic E-state index is 12.6. The molecule has 0 radical (unpaired) electrons. The van der Waals surface area contributed by atoms with Crippen molar-refractivity contribution in [3.8, 4) is 0 Å². The normalized spacial score (nSPS) is 15.8. The van der Waals surface area contributed by atoms with Crippen LogP contribution in [0, 0.1) is 10.1 Å². The average molecular weight is 523 g/mol. The summed E-state index contributed by atoms with van der Waals surface area (Å²) < 4.78 is 2.08. The molecule has 0 aliphatic carbocycles. The fraction of sp³-hybridized carbons (Fsp3) is 0.0400. The lowest BCUT2D eigenvalue weighted by molar-refractivity contribution is -0.384. The molecule has 0 spiro atoms. The largest absolute Gasteiger partial charge is 0.342 e. The van der Waals surface area contributed by atoms with Gasteiger partial charge in [0.05, 0.1) is 15.5 Å². The van der Waals surface area contributed by atoms with E-state index in [0.717, 1.165) is 22.0 Å². The van der Waals surface area contributed by atoms with Gasteiger partial charge in [0.15, 0.2) is 5.17 Å². The molecule has 0 atom stereocenters. The number of nitro benzene ring substituents is 1. The molecule has 1 aliphatic rings. The van der Waals surface area contributed by atoms with Crippen LogP contribution in [0.4, 0.5) is 11.4 Å². The summed E-state index contributed by atoms with van der Waals surface area (Å²) in [6.45, 7) is 0.548. The van der Waals surface area contributed by atoms with Crippen LogP contribution in [0.2, 0.25) is 10.0 Å². The molecule has 1 saturated heterocycles. The van der Waals surface area contributed by atoms with E-state index in [0.29, 0.717) is 32.4 Å². The summed E-state index contributed by atoms with van der Waals surface area (Å²) in [5.41, 5.74) is 3.32. The highest BCUT2D eigenvalue weighted by Gasteiger charge is 2.24. The van der Waals surface area contributed by atoms with Gasteiger partial charge in [-0.1, -0.05) is 47.5 Å². The number of carbonyl (C=O) groups is 1. The third-order valence-electron chi connectivity index (χ3n) is 5.40. The van der Waals surface area contributed by atoms with Crippen LogP contribution in [-0.4, -0.2) is 20.6 Å². The molecule has 4 aromatic rings. The number of nitro groups is 1. The lowest BCUT2D eigenvalue weighted by atomic mass is 10.1. The van der Waals surface area contributed by atoms with Gasteiger partial charge in [0.2, 0.25) is 0 Å². The SMILES string of the molecule is O=C1NC(=Nc2ccc([N+](=O)[O-])cc2)S/C1=C\c1cn(Cc2ccc(Cl)cc2Cl)c2ccccc12. The van der Waals surface area contributed by atoms with E-state index in [-0.39, 0.29) is 11.6 Å². The number of carbonyl (C=O) groups excluding carboxylic acids is 1. The van der Waals surface area contributed by atoms with E-state index >= 15 is 0 Å². The van der Waals surface area contributed by atoms with Gasteiger partial charge in [-0.3, -0.25) is 14.9 Å². The maximum Gasteiger partial charge on any atom is 0.269 e. The summed E-state index contributed by atoms with van der Waals surface area (Å²) in [4.78, 5) is 27.9. The number of benzene rings is 3. The van der Waals surface area contributed by atoms with Crippen molar-refractivity contribution in [2.75, 3.05) is 0 Å². The summed E-state index contributed by atoms with van der Waals surface area (Å²) >= 11 is 13.6. The Balaban J connectivity index is 1.44. The number of halogens is 2. The molecule has 5 rings (SSSR count). The number of rotatable bonds is 5. The van der Waals surface area contributed by atoms with Gasteiger partial charge in [-0.25, -0.2) is 4.99 Å². The van der Waals surface area contributed by atoms with Crippen molar-refractivity contribution in [2.24, 2.45) is 4.99 Å². The van der Waals surface area contributed by atoms with E-state index in [9.17, 15) is 14.9 Å². The zero-order chi connectivity index (χ0) is 24.5. The van der Waals surface area contributed by atoms with Crippen molar-refractivity contribution >= 4 is 74.4 Å². The van der Waals surface area contributed by atoms with Crippen LogP contribution < -0.4 is 5.32 Å². The summed E-state index contributed by atoms with van der Waals surface area (Å²) in [7, 11) is 0. The fourth-order valence-corrected chi connectivity index (χ4v) is 5.04. The van der Waals surface area contributed by atoms with Gasteiger partial charge in [0.25, 0.3) is 11.6 Å². The molecular weight excluding hydrogens is 507 g/mol. The van der Waals surface area contributed by atoms with Crippen LogP contribution >= 0.6 is 35.0 Å².